The van der Waals surface area contributed by atoms with E-state index < -0.39 is 4.90 Å². The first kappa shape index (κ1) is 13.8. The van der Waals surface area contributed by atoms with Gasteiger partial charge < -0.3 is 10.4 Å². The quantitative estimate of drug-likeness (QED) is 0.518. The lowest BCUT2D eigenvalue weighted by atomic mass is 10.1. The van der Waals surface area contributed by atoms with Gasteiger partial charge in [0.25, 0.3) is 0 Å². The lowest BCUT2D eigenvalue weighted by Crippen LogP contribution is -2.09. The maximum Gasteiger partial charge on any atom is 0.222 e. The zero-order chi connectivity index (χ0) is 14.5. The number of aryl methyl sites for hydroxylation is 1. The first-order valence-electron chi connectivity index (χ1n) is 5.64. The molecular weight excluding hydrogens is 278 g/mol. The highest BCUT2D eigenvalue weighted by atomic mass is 32.1. The summed E-state index contributed by atoms with van der Waals surface area (Å²) in [5.41, 5.74) is 4.22. The molecule has 1 aromatic rings. The second-order valence-corrected chi connectivity index (χ2v) is 4.94. The second kappa shape index (κ2) is 5.99. The molecule has 20 heavy (non-hydrogen) atoms. The Kier molecular flexibility index (Phi) is 4.12. The van der Waals surface area contributed by atoms with Crippen LogP contribution in [0.1, 0.15) is 10.7 Å². The maximum absolute atomic E-state index is 10.5. The first-order chi connectivity index (χ1) is 9.60. The summed E-state index contributed by atoms with van der Waals surface area (Å²) in [5, 5.41) is 35.3. The molecule has 0 bridgehead atoms. The molecule has 0 atom stereocenters. The van der Waals surface area contributed by atoms with E-state index in [0.717, 1.165) is 15.7 Å². The number of allylic oxidation sites excluding steroid dienone is 4. The van der Waals surface area contributed by atoms with Crippen LogP contribution in [-0.2, 0) is 6.42 Å². The third-order valence-corrected chi connectivity index (χ3v) is 3.48. The molecule has 0 unspecified atom stereocenters. The number of hydrogen-bond acceptors (Lipinski definition) is 7. The van der Waals surface area contributed by atoms with Crippen LogP contribution in [0.25, 0.3) is 0 Å². The van der Waals surface area contributed by atoms with Gasteiger partial charge in [0.15, 0.2) is 0 Å². The Morgan fingerprint density at radius 1 is 1.40 bits per heavy atom. The molecule has 1 aliphatic rings. The molecule has 8 heteroatoms. The fourth-order valence-electron chi connectivity index (χ4n) is 1.46. The largest absolute Gasteiger partial charge is 0.612 e. The molecule has 1 heterocycles. The number of rotatable bonds is 3. The van der Waals surface area contributed by atoms with Crippen LogP contribution in [0.5, 0.6) is 0 Å². The van der Waals surface area contributed by atoms with Crippen LogP contribution in [0.4, 0.5) is 5.00 Å². The molecule has 0 amide bonds. The third-order valence-electron chi connectivity index (χ3n) is 2.42. The van der Waals surface area contributed by atoms with Crippen LogP contribution in [-0.4, -0.2) is 21.3 Å². The number of hydrazone groups is 1. The Morgan fingerprint density at radius 2 is 2.10 bits per heavy atom. The van der Waals surface area contributed by atoms with E-state index in [-0.39, 0.29) is 12.1 Å². The van der Waals surface area contributed by atoms with Gasteiger partial charge in [0.2, 0.25) is 5.71 Å². The lowest BCUT2D eigenvalue weighted by molar-refractivity contribution is -0.377. The molecule has 0 radical (unpaired) electrons. The number of aromatic nitrogens is 1. The standard InChI is InChI=1S/C12H10N5O2S/c1-8-12(20-11(14-8)6-7-13)16-15-9-2-4-10(5-3-9)17(18)19/h2-5,16H,6H2,1H3/q-1. The Morgan fingerprint density at radius 3 is 2.70 bits per heavy atom. The third kappa shape index (κ3) is 3.21. The minimum atomic E-state index is -0.460. The molecule has 1 N–H and O–H groups in total. The van der Waals surface area contributed by atoms with Crippen LogP contribution >= 0.6 is 11.3 Å². The van der Waals surface area contributed by atoms with Crippen molar-refractivity contribution >= 4 is 27.8 Å². The smallest absolute Gasteiger partial charge is 0.222 e. The normalized spacial score (nSPS) is 13.2. The summed E-state index contributed by atoms with van der Waals surface area (Å²) in [4.78, 5) is 3.77. The first-order valence-corrected chi connectivity index (χ1v) is 6.46. The molecule has 0 saturated heterocycles. The zero-order valence-corrected chi connectivity index (χ0v) is 11.3. The molecule has 1 aromatic heterocycles. The summed E-state index contributed by atoms with van der Waals surface area (Å²) in [6, 6.07) is 2.04. The predicted molar refractivity (Wildman–Crippen MR) is 77.5 cm³/mol. The average Bonchev–Trinajstić information content (AvgIpc) is 2.77. The van der Waals surface area contributed by atoms with Gasteiger partial charge in [-0.2, -0.15) is 15.3 Å². The molecule has 102 valence electrons. The highest BCUT2D eigenvalue weighted by Crippen LogP contribution is 2.24. The number of nitrogens with one attached hydrogen (secondary N) is 1. The molecule has 1 aliphatic carbocycles. The minimum absolute atomic E-state index is 0.0224. The molecule has 0 aliphatic heterocycles. The number of nitriles is 1. The average molecular weight is 288 g/mol. The van der Waals surface area contributed by atoms with E-state index in [9.17, 15) is 10.4 Å². The van der Waals surface area contributed by atoms with Gasteiger partial charge in [-0.05, 0) is 19.1 Å². The highest BCUT2D eigenvalue weighted by molar-refractivity contribution is 7.15. The van der Waals surface area contributed by atoms with Gasteiger partial charge in [-0.1, -0.05) is 11.3 Å². The van der Waals surface area contributed by atoms with E-state index in [1.54, 1.807) is 12.2 Å². The van der Waals surface area contributed by atoms with Crippen molar-refractivity contribution in [3.8, 4) is 6.07 Å². The van der Waals surface area contributed by atoms with Gasteiger partial charge in [-0.3, -0.25) is 5.43 Å². The summed E-state index contributed by atoms with van der Waals surface area (Å²) >= 11 is 1.36. The maximum atomic E-state index is 10.5. The van der Waals surface area contributed by atoms with Crippen molar-refractivity contribution in [1.29, 1.82) is 5.26 Å². The van der Waals surface area contributed by atoms with E-state index in [1.165, 1.54) is 23.5 Å². The second-order valence-electron chi connectivity index (χ2n) is 3.85. The Hall–Kier alpha value is -2.66. The van der Waals surface area contributed by atoms with E-state index in [1.807, 2.05) is 13.0 Å². The zero-order valence-electron chi connectivity index (χ0n) is 10.5. The van der Waals surface area contributed by atoms with Gasteiger partial charge >= 0.3 is 0 Å². The van der Waals surface area contributed by atoms with Gasteiger partial charge in [-0.15, -0.1) is 0 Å². The van der Waals surface area contributed by atoms with Gasteiger partial charge in [-0.25, -0.2) is 4.98 Å². The molecule has 0 fully saturated rings. The summed E-state index contributed by atoms with van der Waals surface area (Å²) in [6.45, 7) is 1.82. The van der Waals surface area contributed by atoms with Crippen LogP contribution < -0.4 is 5.43 Å². The molecule has 2 rings (SSSR count). The lowest BCUT2D eigenvalue weighted by Gasteiger charge is -2.07. The van der Waals surface area contributed by atoms with E-state index >= 15 is 0 Å². The van der Waals surface area contributed by atoms with Gasteiger partial charge in [0.1, 0.15) is 10.0 Å². The van der Waals surface area contributed by atoms with Crippen LogP contribution in [0, 0.1) is 28.7 Å². The van der Waals surface area contributed by atoms with Gasteiger partial charge in [0, 0.05) is 12.2 Å². The number of thiazole rings is 1. The van der Waals surface area contributed by atoms with Gasteiger partial charge in [0.05, 0.1) is 23.9 Å². The summed E-state index contributed by atoms with van der Waals surface area (Å²) in [6.07, 6.45) is 6.16. The summed E-state index contributed by atoms with van der Waals surface area (Å²) in [5.74, 6) is 0. The van der Waals surface area contributed by atoms with Crippen LogP contribution in [0.15, 0.2) is 29.4 Å². The highest BCUT2D eigenvalue weighted by Gasteiger charge is 2.07. The van der Waals surface area contributed by atoms with Crippen molar-refractivity contribution in [1.82, 2.24) is 4.98 Å². The SMILES string of the molecule is Cc1nc(CC#N)sc1NN=C1C=CC(=[N+]([O-])[O-])C=C1. The van der Waals surface area contributed by atoms with Crippen molar-refractivity contribution in [2.24, 2.45) is 5.10 Å². The molecule has 7 nitrogen and oxygen atoms in total. The van der Waals surface area contributed by atoms with Crippen LogP contribution in [0.2, 0.25) is 0 Å². The Balaban J connectivity index is 2.08. The fraction of sp³-hybridized carbons (Fsp3) is 0.167. The number of hydrogen-bond donors (Lipinski definition) is 1. The monoisotopic (exact) mass is 288 g/mol. The molecule has 0 spiro atoms. The minimum Gasteiger partial charge on any atom is -0.612 e. The fourth-order valence-corrected chi connectivity index (χ4v) is 2.30. The molecule has 0 aromatic carbocycles. The van der Waals surface area contributed by atoms with Crippen molar-refractivity contribution in [2.75, 3.05) is 5.43 Å². The molecule has 0 saturated carbocycles. The Bertz CT molecular complexity index is 657. The Labute approximate surface area is 119 Å². The van der Waals surface area contributed by atoms with Crippen LogP contribution in [0.3, 0.4) is 0 Å². The van der Waals surface area contributed by atoms with E-state index in [0.29, 0.717) is 5.71 Å². The van der Waals surface area contributed by atoms with Crippen molar-refractivity contribution < 1.29 is 4.90 Å². The van der Waals surface area contributed by atoms with Crippen molar-refractivity contribution in [2.45, 2.75) is 13.3 Å². The van der Waals surface area contributed by atoms with Crippen molar-refractivity contribution in [3.05, 3.63) is 45.4 Å². The topological polar surface area (TPSA) is 110 Å². The van der Waals surface area contributed by atoms with E-state index in [4.69, 9.17) is 5.26 Å². The predicted octanol–water partition coefficient (Wildman–Crippen LogP) is 1.86. The summed E-state index contributed by atoms with van der Waals surface area (Å²) in [7, 11) is 0. The van der Waals surface area contributed by atoms with Crippen molar-refractivity contribution in [3.63, 3.8) is 0 Å². The van der Waals surface area contributed by atoms with E-state index in [2.05, 4.69) is 15.5 Å². The number of anilines is 1. The summed E-state index contributed by atoms with van der Waals surface area (Å²) < 4.78 is 0. The number of nitrogens with zero attached hydrogens (tertiary/aromatic N) is 4. The molecular formula is C12H10N5O2S-.